The van der Waals surface area contributed by atoms with E-state index in [1.54, 1.807) is 11.3 Å². The van der Waals surface area contributed by atoms with Gasteiger partial charge in [-0.2, -0.15) is 0 Å². The molecule has 1 amide bonds. The predicted octanol–water partition coefficient (Wildman–Crippen LogP) is 2.60. The second-order valence-electron chi connectivity index (χ2n) is 6.12. The molecule has 0 fully saturated rings. The van der Waals surface area contributed by atoms with Gasteiger partial charge in [-0.15, -0.1) is 11.3 Å². The number of nitrogens with one attached hydrogen (secondary N) is 2. The minimum absolute atomic E-state index is 0.0219. The molecular weight excluding hydrogens is 358 g/mol. The summed E-state index contributed by atoms with van der Waals surface area (Å²) >= 11 is 1.66. The first-order chi connectivity index (χ1) is 13.1. The molecule has 2 aromatic rings. The maximum absolute atomic E-state index is 12.5. The van der Waals surface area contributed by atoms with E-state index in [1.807, 2.05) is 56.0 Å². The average molecular weight is 388 g/mol. The predicted molar refractivity (Wildman–Crippen MR) is 112 cm³/mol. The highest BCUT2D eigenvalue weighted by Crippen LogP contribution is 2.08. The molecule has 0 saturated carbocycles. The van der Waals surface area contributed by atoms with E-state index in [-0.39, 0.29) is 12.5 Å². The molecule has 0 spiro atoms. The molecular formula is C20H29N5OS. The monoisotopic (exact) mass is 387 g/mol. The van der Waals surface area contributed by atoms with Gasteiger partial charge in [-0.05, 0) is 26.3 Å². The first kappa shape index (κ1) is 20.9. The van der Waals surface area contributed by atoms with E-state index >= 15 is 0 Å². The molecule has 2 N–H and O–H groups in total. The summed E-state index contributed by atoms with van der Waals surface area (Å²) in [7, 11) is 0. The number of aryl methyl sites for hydroxylation is 1. The fourth-order valence-electron chi connectivity index (χ4n) is 2.60. The van der Waals surface area contributed by atoms with Gasteiger partial charge < -0.3 is 15.5 Å². The van der Waals surface area contributed by atoms with Crippen molar-refractivity contribution in [1.29, 1.82) is 0 Å². The Morgan fingerprint density at radius 3 is 2.63 bits per heavy atom. The molecule has 2 rings (SSSR count). The van der Waals surface area contributed by atoms with E-state index in [2.05, 4.69) is 26.0 Å². The molecule has 0 aliphatic carbocycles. The van der Waals surface area contributed by atoms with Crippen LogP contribution in [0.25, 0.3) is 0 Å². The molecule has 0 radical (unpaired) electrons. The van der Waals surface area contributed by atoms with Crippen LogP contribution in [0.1, 0.15) is 30.1 Å². The SMILES string of the molecule is CCNC(=NCC(=O)N(CC)Cc1ccccc1)NCCc1csc(C)n1. The van der Waals surface area contributed by atoms with Crippen molar-refractivity contribution >= 4 is 23.2 Å². The summed E-state index contributed by atoms with van der Waals surface area (Å²) in [6, 6.07) is 10.0. The standard InChI is InChI=1S/C20H29N5OS/c1-4-21-20(22-12-11-18-15-27-16(3)24-18)23-13-19(26)25(5-2)14-17-9-7-6-8-10-17/h6-10,15H,4-5,11-14H2,1-3H3,(H2,21,22,23). The fourth-order valence-corrected chi connectivity index (χ4v) is 3.25. The maximum atomic E-state index is 12.5. The zero-order valence-electron chi connectivity index (χ0n) is 16.4. The van der Waals surface area contributed by atoms with E-state index in [4.69, 9.17) is 0 Å². The summed E-state index contributed by atoms with van der Waals surface area (Å²) in [6.07, 6.45) is 0.831. The van der Waals surface area contributed by atoms with Gasteiger partial charge in [0.25, 0.3) is 0 Å². The second-order valence-corrected chi connectivity index (χ2v) is 7.19. The molecule has 0 atom stereocenters. The van der Waals surface area contributed by atoms with Crippen molar-refractivity contribution in [2.45, 2.75) is 33.7 Å². The van der Waals surface area contributed by atoms with Crippen LogP contribution in [0.5, 0.6) is 0 Å². The van der Waals surface area contributed by atoms with Crippen molar-refractivity contribution in [2.75, 3.05) is 26.2 Å². The van der Waals surface area contributed by atoms with Gasteiger partial charge in [-0.3, -0.25) is 4.79 Å². The number of thiazole rings is 1. The number of benzene rings is 1. The summed E-state index contributed by atoms with van der Waals surface area (Å²) in [6.45, 7) is 8.89. The van der Waals surface area contributed by atoms with Gasteiger partial charge in [0.2, 0.25) is 5.91 Å². The van der Waals surface area contributed by atoms with Crippen molar-refractivity contribution in [2.24, 2.45) is 4.99 Å². The minimum atomic E-state index is 0.0219. The Bertz CT molecular complexity index is 729. The molecule has 0 unspecified atom stereocenters. The smallest absolute Gasteiger partial charge is 0.244 e. The van der Waals surface area contributed by atoms with Crippen molar-refractivity contribution in [3.05, 3.63) is 52.0 Å². The summed E-state index contributed by atoms with van der Waals surface area (Å²) in [5, 5.41) is 9.61. The van der Waals surface area contributed by atoms with Gasteiger partial charge in [0, 0.05) is 38.0 Å². The highest BCUT2D eigenvalue weighted by atomic mass is 32.1. The van der Waals surface area contributed by atoms with Crippen LogP contribution in [0, 0.1) is 6.92 Å². The van der Waals surface area contributed by atoms with E-state index < -0.39 is 0 Å². The molecule has 146 valence electrons. The minimum Gasteiger partial charge on any atom is -0.357 e. The summed E-state index contributed by atoms with van der Waals surface area (Å²) in [4.78, 5) is 23.3. The third-order valence-corrected chi connectivity index (χ3v) is 4.83. The first-order valence-corrected chi connectivity index (χ1v) is 10.2. The third-order valence-electron chi connectivity index (χ3n) is 4.01. The third kappa shape index (κ3) is 7.38. The lowest BCUT2D eigenvalue weighted by Crippen LogP contribution is -2.40. The normalized spacial score (nSPS) is 11.3. The summed E-state index contributed by atoms with van der Waals surface area (Å²) < 4.78 is 0. The number of nitrogens with zero attached hydrogens (tertiary/aromatic N) is 3. The van der Waals surface area contributed by atoms with Crippen LogP contribution < -0.4 is 10.6 Å². The number of carbonyl (C=O) groups excluding carboxylic acids is 1. The Labute approximate surface area is 165 Å². The molecule has 1 aromatic carbocycles. The largest absolute Gasteiger partial charge is 0.357 e. The zero-order valence-corrected chi connectivity index (χ0v) is 17.2. The van der Waals surface area contributed by atoms with E-state index in [0.29, 0.717) is 19.0 Å². The van der Waals surface area contributed by atoms with Crippen molar-refractivity contribution in [3.8, 4) is 0 Å². The number of aliphatic imine (C=N–C) groups is 1. The fraction of sp³-hybridized carbons (Fsp3) is 0.450. The topological polar surface area (TPSA) is 69.6 Å². The van der Waals surface area contributed by atoms with Crippen LogP contribution in [0.3, 0.4) is 0 Å². The van der Waals surface area contributed by atoms with E-state index in [9.17, 15) is 4.79 Å². The lowest BCUT2D eigenvalue weighted by atomic mass is 10.2. The van der Waals surface area contributed by atoms with Gasteiger partial charge in [0.05, 0.1) is 10.7 Å². The molecule has 1 aromatic heterocycles. The molecule has 0 aliphatic heterocycles. The quantitative estimate of drug-likeness (QED) is 0.513. The van der Waals surface area contributed by atoms with Crippen LogP contribution in [0.15, 0.2) is 40.7 Å². The maximum Gasteiger partial charge on any atom is 0.244 e. The van der Waals surface area contributed by atoms with Crippen LogP contribution in [-0.4, -0.2) is 47.9 Å². The Morgan fingerprint density at radius 1 is 1.22 bits per heavy atom. The molecule has 0 saturated heterocycles. The number of aromatic nitrogens is 1. The number of amides is 1. The van der Waals surface area contributed by atoms with Gasteiger partial charge in [0.15, 0.2) is 5.96 Å². The van der Waals surface area contributed by atoms with Gasteiger partial charge in [-0.1, -0.05) is 30.3 Å². The van der Waals surface area contributed by atoms with Crippen molar-refractivity contribution in [1.82, 2.24) is 20.5 Å². The highest BCUT2D eigenvalue weighted by molar-refractivity contribution is 7.09. The Hall–Kier alpha value is -2.41. The van der Waals surface area contributed by atoms with Crippen LogP contribution >= 0.6 is 11.3 Å². The lowest BCUT2D eigenvalue weighted by Gasteiger charge is -2.20. The molecule has 7 heteroatoms. The molecule has 0 bridgehead atoms. The van der Waals surface area contributed by atoms with Gasteiger partial charge in [0.1, 0.15) is 6.54 Å². The number of carbonyl (C=O) groups is 1. The van der Waals surface area contributed by atoms with Crippen LogP contribution in [0.2, 0.25) is 0 Å². The molecule has 27 heavy (non-hydrogen) atoms. The molecule has 6 nitrogen and oxygen atoms in total. The number of hydrogen-bond acceptors (Lipinski definition) is 4. The zero-order chi connectivity index (χ0) is 19.5. The second kappa shape index (κ2) is 11.3. The summed E-state index contributed by atoms with van der Waals surface area (Å²) in [5.41, 5.74) is 2.21. The van der Waals surface area contributed by atoms with E-state index in [0.717, 1.165) is 35.8 Å². The van der Waals surface area contributed by atoms with Crippen molar-refractivity contribution in [3.63, 3.8) is 0 Å². The molecule has 1 heterocycles. The highest BCUT2D eigenvalue weighted by Gasteiger charge is 2.12. The van der Waals surface area contributed by atoms with Crippen LogP contribution in [0.4, 0.5) is 0 Å². The average Bonchev–Trinajstić information content (AvgIpc) is 3.09. The number of rotatable bonds is 9. The Morgan fingerprint density at radius 2 is 2.00 bits per heavy atom. The first-order valence-electron chi connectivity index (χ1n) is 9.37. The number of guanidine groups is 1. The van der Waals surface area contributed by atoms with Gasteiger partial charge in [-0.25, -0.2) is 9.98 Å². The Balaban J connectivity index is 1.86. The van der Waals surface area contributed by atoms with Crippen LogP contribution in [-0.2, 0) is 17.8 Å². The lowest BCUT2D eigenvalue weighted by molar-refractivity contribution is -0.130. The number of hydrogen-bond donors (Lipinski definition) is 2. The Kier molecular flexibility index (Phi) is 8.77. The van der Waals surface area contributed by atoms with Crippen molar-refractivity contribution < 1.29 is 4.79 Å². The molecule has 0 aliphatic rings. The summed E-state index contributed by atoms with van der Waals surface area (Å²) in [5.74, 6) is 0.683. The van der Waals surface area contributed by atoms with E-state index in [1.165, 1.54) is 0 Å². The van der Waals surface area contributed by atoms with Gasteiger partial charge >= 0.3 is 0 Å². The number of likely N-dealkylation sites (N-methyl/N-ethyl adjacent to an activating group) is 1.